The van der Waals surface area contributed by atoms with Gasteiger partial charge in [-0.2, -0.15) is 0 Å². The lowest BCUT2D eigenvalue weighted by atomic mass is 10.1. The van der Waals surface area contributed by atoms with Gasteiger partial charge >= 0.3 is 0 Å². The molecule has 1 aromatic heterocycles. The number of pyridine rings is 1. The van der Waals surface area contributed by atoms with E-state index in [9.17, 15) is 9.59 Å². The van der Waals surface area contributed by atoms with E-state index in [1.54, 1.807) is 24.4 Å². The average molecular weight is 388 g/mol. The number of amides is 2. The van der Waals surface area contributed by atoms with Gasteiger partial charge in [0.1, 0.15) is 0 Å². The molecule has 0 spiro atoms. The molecule has 7 heteroatoms. The highest BCUT2D eigenvalue weighted by molar-refractivity contribution is 8.18. The lowest BCUT2D eigenvalue weighted by Gasteiger charge is -2.09. The van der Waals surface area contributed by atoms with E-state index >= 15 is 0 Å². The minimum atomic E-state index is -0.852. The van der Waals surface area contributed by atoms with Crippen LogP contribution in [0.1, 0.15) is 17.2 Å². The fourth-order valence-electron chi connectivity index (χ4n) is 2.88. The molecule has 1 aliphatic heterocycles. The number of thioether (sulfide) groups is 1. The fourth-order valence-corrected chi connectivity index (χ4v) is 3.73. The standard InChI is InChI=1S/C21H16N4O2S/c22-19(26)18(14-5-2-1-3-6-14)24-21-25-20(27)17(28-21)12-13-8-9-16-15(11-13)7-4-10-23-16/h1-12,18H,(H2,22,26)(H,24,25,27). The van der Waals surface area contributed by atoms with E-state index in [0.717, 1.165) is 16.5 Å². The van der Waals surface area contributed by atoms with Crippen LogP contribution < -0.4 is 11.1 Å². The van der Waals surface area contributed by atoms with Crippen molar-refractivity contribution < 1.29 is 9.59 Å². The van der Waals surface area contributed by atoms with Crippen molar-refractivity contribution in [2.75, 3.05) is 0 Å². The van der Waals surface area contributed by atoms with E-state index in [2.05, 4.69) is 15.3 Å². The molecule has 3 N–H and O–H groups in total. The maximum Gasteiger partial charge on any atom is 0.264 e. The summed E-state index contributed by atoms with van der Waals surface area (Å²) < 4.78 is 0. The predicted octanol–water partition coefficient (Wildman–Crippen LogP) is 3.02. The van der Waals surface area contributed by atoms with E-state index < -0.39 is 11.9 Å². The van der Waals surface area contributed by atoms with Gasteiger partial charge in [0.05, 0.1) is 10.4 Å². The van der Waals surface area contributed by atoms with Gasteiger partial charge in [0.25, 0.3) is 5.91 Å². The molecule has 0 saturated carbocycles. The van der Waals surface area contributed by atoms with Crippen molar-refractivity contribution in [3.05, 3.63) is 82.9 Å². The molecular formula is C21H16N4O2S. The largest absolute Gasteiger partial charge is 0.368 e. The lowest BCUT2D eigenvalue weighted by molar-refractivity contribution is -0.119. The van der Waals surface area contributed by atoms with Crippen molar-refractivity contribution in [2.24, 2.45) is 10.7 Å². The second-order valence-corrected chi connectivity index (χ2v) is 7.20. The zero-order valence-electron chi connectivity index (χ0n) is 14.7. The van der Waals surface area contributed by atoms with Gasteiger partial charge in [-0.15, -0.1) is 0 Å². The quantitative estimate of drug-likeness (QED) is 0.671. The number of rotatable bonds is 4. The number of nitrogens with one attached hydrogen (secondary N) is 1. The highest BCUT2D eigenvalue weighted by Crippen LogP contribution is 2.29. The molecule has 2 heterocycles. The Kier molecular flexibility index (Phi) is 4.90. The van der Waals surface area contributed by atoms with E-state index in [4.69, 9.17) is 5.73 Å². The van der Waals surface area contributed by atoms with Crippen LogP contribution in [0.15, 0.2) is 76.8 Å². The smallest absolute Gasteiger partial charge is 0.264 e. The van der Waals surface area contributed by atoms with Gasteiger partial charge in [-0.25, -0.2) is 4.99 Å². The number of carbonyl (C=O) groups excluding carboxylic acids is 2. The van der Waals surface area contributed by atoms with E-state index in [-0.39, 0.29) is 5.91 Å². The summed E-state index contributed by atoms with van der Waals surface area (Å²) in [5.41, 5.74) is 7.96. The van der Waals surface area contributed by atoms with Gasteiger partial charge in [-0.05, 0) is 47.2 Å². The van der Waals surface area contributed by atoms with Crippen molar-refractivity contribution in [1.82, 2.24) is 10.3 Å². The summed E-state index contributed by atoms with van der Waals surface area (Å²) in [6.07, 6.45) is 3.53. The molecule has 0 radical (unpaired) electrons. The number of nitrogens with zero attached hydrogens (tertiary/aromatic N) is 2. The maximum atomic E-state index is 12.3. The molecule has 28 heavy (non-hydrogen) atoms. The number of aliphatic imine (C=N–C) groups is 1. The Morgan fingerprint density at radius 3 is 2.75 bits per heavy atom. The van der Waals surface area contributed by atoms with Crippen molar-refractivity contribution in [2.45, 2.75) is 6.04 Å². The molecule has 6 nitrogen and oxygen atoms in total. The third-order valence-corrected chi connectivity index (χ3v) is 5.13. The van der Waals surface area contributed by atoms with E-state index in [1.165, 1.54) is 11.8 Å². The zero-order valence-corrected chi connectivity index (χ0v) is 15.5. The number of hydrogen-bond acceptors (Lipinski definition) is 5. The molecule has 4 rings (SSSR count). The molecule has 1 aliphatic rings. The Balaban J connectivity index is 1.61. The van der Waals surface area contributed by atoms with Crippen LogP contribution in [0.2, 0.25) is 0 Å². The Morgan fingerprint density at radius 1 is 1.14 bits per heavy atom. The molecule has 1 fully saturated rings. The molecule has 1 saturated heterocycles. The van der Waals surface area contributed by atoms with E-state index in [1.807, 2.05) is 48.5 Å². The number of aromatic nitrogens is 1. The molecule has 2 amide bonds. The van der Waals surface area contributed by atoms with Gasteiger partial charge in [-0.1, -0.05) is 42.5 Å². The summed E-state index contributed by atoms with van der Waals surface area (Å²) in [5.74, 6) is -0.834. The average Bonchev–Trinajstić information content (AvgIpc) is 3.05. The first-order valence-corrected chi connectivity index (χ1v) is 9.39. The highest BCUT2D eigenvalue weighted by atomic mass is 32.2. The summed E-state index contributed by atoms with van der Waals surface area (Å²) in [6, 6.07) is 17.8. The predicted molar refractivity (Wildman–Crippen MR) is 111 cm³/mol. The molecule has 1 atom stereocenters. The van der Waals surface area contributed by atoms with Crippen molar-refractivity contribution in [3.8, 4) is 0 Å². The molecule has 0 bridgehead atoms. The van der Waals surface area contributed by atoms with Gasteiger partial charge in [-0.3, -0.25) is 14.6 Å². The van der Waals surface area contributed by atoms with Crippen LogP contribution in [-0.4, -0.2) is 22.0 Å². The Bertz CT molecular complexity index is 1130. The number of benzene rings is 2. The first-order chi connectivity index (χ1) is 13.6. The van der Waals surface area contributed by atoms with Gasteiger partial charge in [0.2, 0.25) is 5.91 Å². The molecule has 3 aromatic rings. The first kappa shape index (κ1) is 17.9. The Labute approximate surface area is 165 Å². The topological polar surface area (TPSA) is 97.4 Å². The summed E-state index contributed by atoms with van der Waals surface area (Å²) >= 11 is 1.19. The Hall–Kier alpha value is -3.45. The van der Waals surface area contributed by atoms with Gasteiger partial charge in [0, 0.05) is 11.6 Å². The van der Waals surface area contributed by atoms with Crippen LogP contribution in [0.4, 0.5) is 0 Å². The van der Waals surface area contributed by atoms with Crippen LogP contribution in [0, 0.1) is 0 Å². The molecule has 1 unspecified atom stereocenters. The SMILES string of the molecule is NC(=O)C(N=C1NC(=O)C(=Cc2ccc3ncccc3c2)S1)c1ccccc1. The van der Waals surface area contributed by atoms with E-state index in [0.29, 0.717) is 15.6 Å². The van der Waals surface area contributed by atoms with Crippen LogP contribution in [0.3, 0.4) is 0 Å². The molecular weight excluding hydrogens is 372 g/mol. The number of fused-ring (bicyclic) bond motifs is 1. The van der Waals surface area contributed by atoms with Gasteiger partial charge < -0.3 is 11.1 Å². The third kappa shape index (κ3) is 3.79. The van der Waals surface area contributed by atoms with Crippen LogP contribution >= 0.6 is 11.8 Å². The second-order valence-electron chi connectivity index (χ2n) is 6.17. The second kappa shape index (κ2) is 7.66. The van der Waals surface area contributed by atoms with Crippen molar-refractivity contribution in [1.29, 1.82) is 0 Å². The number of primary amides is 1. The minimum absolute atomic E-state index is 0.258. The first-order valence-electron chi connectivity index (χ1n) is 8.58. The number of nitrogens with two attached hydrogens (primary N) is 1. The molecule has 0 aliphatic carbocycles. The van der Waals surface area contributed by atoms with Gasteiger partial charge in [0.15, 0.2) is 11.2 Å². The number of amidine groups is 1. The van der Waals surface area contributed by atoms with Crippen LogP contribution in [-0.2, 0) is 9.59 Å². The monoisotopic (exact) mass is 388 g/mol. The van der Waals surface area contributed by atoms with Crippen LogP contribution in [0.5, 0.6) is 0 Å². The molecule has 138 valence electrons. The summed E-state index contributed by atoms with van der Waals surface area (Å²) in [7, 11) is 0. The summed E-state index contributed by atoms with van der Waals surface area (Å²) in [5, 5.41) is 4.05. The Morgan fingerprint density at radius 2 is 1.96 bits per heavy atom. The summed E-state index contributed by atoms with van der Waals surface area (Å²) in [4.78, 5) is 33.3. The fraction of sp³-hybridized carbons (Fsp3) is 0.0476. The van der Waals surface area contributed by atoms with Crippen molar-refractivity contribution in [3.63, 3.8) is 0 Å². The minimum Gasteiger partial charge on any atom is -0.368 e. The molecule has 2 aromatic carbocycles. The van der Waals surface area contributed by atoms with Crippen LogP contribution in [0.25, 0.3) is 17.0 Å². The number of hydrogen-bond donors (Lipinski definition) is 2. The normalized spacial score (nSPS) is 17.8. The lowest BCUT2D eigenvalue weighted by Crippen LogP contribution is -2.25. The third-order valence-electron chi connectivity index (χ3n) is 4.21. The summed E-state index contributed by atoms with van der Waals surface area (Å²) in [6.45, 7) is 0. The zero-order chi connectivity index (χ0) is 19.5. The maximum absolute atomic E-state index is 12.3. The number of carbonyl (C=O) groups is 2. The highest BCUT2D eigenvalue weighted by Gasteiger charge is 2.26. The van der Waals surface area contributed by atoms with Crippen molar-refractivity contribution >= 4 is 45.7 Å².